The lowest BCUT2D eigenvalue weighted by Gasteiger charge is -2.08. The Bertz CT molecular complexity index is 347. The highest BCUT2D eigenvalue weighted by molar-refractivity contribution is 5.90. The number of methoxy groups -OCH3 is 1. The Balaban J connectivity index is 3.21. The van der Waals surface area contributed by atoms with Gasteiger partial charge in [-0.15, -0.1) is 0 Å². The minimum atomic E-state index is -1.02. The SMILES string of the molecule is COc1ncc(C(C)C)cc1C(=O)O. The quantitative estimate of drug-likeness (QED) is 0.800. The van der Waals surface area contributed by atoms with E-state index in [4.69, 9.17) is 9.84 Å². The van der Waals surface area contributed by atoms with Crippen molar-refractivity contribution in [2.24, 2.45) is 0 Å². The lowest BCUT2D eigenvalue weighted by atomic mass is 10.0. The largest absolute Gasteiger partial charge is 0.480 e. The first kappa shape index (κ1) is 10.5. The van der Waals surface area contributed by atoms with Gasteiger partial charge in [-0.25, -0.2) is 9.78 Å². The van der Waals surface area contributed by atoms with Crippen molar-refractivity contribution in [1.82, 2.24) is 4.98 Å². The smallest absolute Gasteiger partial charge is 0.341 e. The summed E-state index contributed by atoms with van der Waals surface area (Å²) < 4.78 is 4.85. The Labute approximate surface area is 82.5 Å². The van der Waals surface area contributed by atoms with Crippen LogP contribution >= 0.6 is 0 Å². The van der Waals surface area contributed by atoms with E-state index < -0.39 is 5.97 Å². The van der Waals surface area contributed by atoms with E-state index in [0.717, 1.165) is 5.56 Å². The standard InChI is InChI=1S/C10H13NO3/c1-6(2)7-4-8(10(12)13)9(14-3)11-5-7/h4-6H,1-3H3,(H,12,13). The highest BCUT2D eigenvalue weighted by atomic mass is 16.5. The van der Waals surface area contributed by atoms with Crippen molar-refractivity contribution in [1.29, 1.82) is 0 Å². The highest BCUT2D eigenvalue weighted by Gasteiger charge is 2.13. The second-order valence-electron chi connectivity index (χ2n) is 3.29. The number of carboxylic acid groups (broad SMARTS) is 1. The van der Waals surface area contributed by atoms with Crippen molar-refractivity contribution in [3.8, 4) is 5.88 Å². The van der Waals surface area contributed by atoms with Gasteiger partial charge in [-0.1, -0.05) is 13.8 Å². The molecule has 1 N–H and O–H groups in total. The zero-order valence-corrected chi connectivity index (χ0v) is 8.44. The van der Waals surface area contributed by atoms with Crippen LogP contribution in [0.25, 0.3) is 0 Å². The Morgan fingerprint density at radius 3 is 2.64 bits per heavy atom. The van der Waals surface area contributed by atoms with Crippen LogP contribution in [0, 0.1) is 0 Å². The van der Waals surface area contributed by atoms with Gasteiger partial charge in [-0.05, 0) is 17.5 Å². The van der Waals surface area contributed by atoms with Crippen molar-refractivity contribution >= 4 is 5.97 Å². The maximum Gasteiger partial charge on any atom is 0.341 e. The summed E-state index contributed by atoms with van der Waals surface area (Å²) in [6.07, 6.45) is 1.63. The third-order valence-electron chi connectivity index (χ3n) is 1.96. The average molecular weight is 195 g/mol. The maximum absolute atomic E-state index is 10.8. The van der Waals surface area contributed by atoms with Crippen molar-refractivity contribution in [2.75, 3.05) is 7.11 Å². The van der Waals surface area contributed by atoms with E-state index in [-0.39, 0.29) is 17.4 Å². The molecule has 0 aliphatic heterocycles. The van der Waals surface area contributed by atoms with Crippen LogP contribution in [-0.4, -0.2) is 23.2 Å². The van der Waals surface area contributed by atoms with Crippen molar-refractivity contribution in [2.45, 2.75) is 19.8 Å². The summed E-state index contributed by atoms with van der Waals surface area (Å²) in [5.41, 5.74) is 1.00. The molecule has 0 spiro atoms. The number of pyridine rings is 1. The Morgan fingerprint density at radius 2 is 2.21 bits per heavy atom. The van der Waals surface area contributed by atoms with E-state index in [2.05, 4.69) is 4.98 Å². The van der Waals surface area contributed by atoms with Crippen molar-refractivity contribution < 1.29 is 14.6 Å². The number of ether oxygens (including phenoxy) is 1. The van der Waals surface area contributed by atoms with E-state index in [1.165, 1.54) is 7.11 Å². The maximum atomic E-state index is 10.8. The number of rotatable bonds is 3. The molecule has 1 aromatic heterocycles. The molecule has 1 aromatic rings. The number of carbonyl (C=O) groups is 1. The van der Waals surface area contributed by atoms with E-state index in [0.29, 0.717) is 0 Å². The van der Waals surface area contributed by atoms with E-state index in [9.17, 15) is 4.79 Å². The van der Waals surface area contributed by atoms with Gasteiger partial charge in [0.1, 0.15) is 5.56 Å². The van der Waals surface area contributed by atoms with Gasteiger partial charge in [-0.2, -0.15) is 0 Å². The second-order valence-corrected chi connectivity index (χ2v) is 3.29. The Kier molecular flexibility index (Phi) is 3.06. The molecular weight excluding hydrogens is 182 g/mol. The van der Waals surface area contributed by atoms with E-state index in [1.54, 1.807) is 12.3 Å². The molecule has 0 amide bonds. The van der Waals surface area contributed by atoms with Gasteiger partial charge >= 0.3 is 5.97 Å². The normalized spacial score (nSPS) is 10.3. The van der Waals surface area contributed by atoms with Gasteiger partial charge in [0.25, 0.3) is 0 Å². The minimum absolute atomic E-state index is 0.110. The average Bonchev–Trinajstić information content (AvgIpc) is 2.16. The van der Waals surface area contributed by atoms with Crippen LogP contribution in [0.1, 0.15) is 35.7 Å². The van der Waals surface area contributed by atoms with E-state index >= 15 is 0 Å². The first-order valence-electron chi connectivity index (χ1n) is 4.33. The molecule has 0 saturated carbocycles. The molecule has 0 radical (unpaired) electrons. The molecule has 4 heteroatoms. The molecule has 0 unspecified atom stereocenters. The first-order chi connectivity index (χ1) is 6.56. The summed E-state index contributed by atoms with van der Waals surface area (Å²) in [4.78, 5) is 14.8. The summed E-state index contributed by atoms with van der Waals surface area (Å²) in [5, 5.41) is 8.88. The molecule has 1 heterocycles. The zero-order valence-electron chi connectivity index (χ0n) is 8.44. The molecular formula is C10H13NO3. The van der Waals surface area contributed by atoms with Crippen LogP contribution in [0.2, 0.25) is 0 Å². The fourth-order valence-corrected chi connectivity index (χ4v) is 1.10. The fourth-order valence-electron chi connectivity index (χ4n) is 1.10. The molecule has 4 nitrogen and oxygen atoms in total. The monoisotopic (exact) mass is 195 g/mol. The molecule has 1 rings (SSSR count). The molecule has 0 aliphatic rings. The first-order valence-corrected chi connectivity index (χ1v) is 4.33. The predicted molar refractivity (Wildman–Crippen MR) is 51.8 cm³/mol. The van der Waals surface area contributed by atoms with Crippen LogP contribution < -0.4 is 4.74 Å². The number of carboxylic acids is 1. The fraction of sp³-hybridized carbons (Fsp3) is 0.400. The number of aromatic carboxylic acids is 1. The minimum Gasteiger partial charge on any atom is -0.480 e. The summed E-state index contributed by atoms with van der Waals surface area (Å²) >= 11 is 0. The Morgan fingerprint density at radius 1 is 1.57 bits per heavy atom. The van der Waals surface area contributed by atoms with Gasteiger partial charge in [-0.3, -0.25) is 0 Å². The second kappa shape index (κ2) is 4.09. The Hall–Kier alpha value is -1.58. The van der Waals surface area contributed by atoms with Crippen LogP contribution in [0.15, 0.2) is 12.3 Å². The van der Waals surface area contributed by atoms with E-state index in [1.807, 2.05) is 13.8 Å². The van der Waals surface area contributed by atoms with Gasteiger partial charge in [0.15, 0.2) is 0 Å². The third kappa shape index (κ3) is 2.02. The third-order valence-corrected chi connectivity index (χ3v) is 1.96. The van der Waals surface area contributed by atoms with Gasteiger partial charge in [0.05, 0.1) is 7.11 Å². The van der Waals surface area contributed by atoms with Gasteiger partial charge in [0.2, 0.25) is 5.88 Å². The predicted octanol–water partition coefficient (Wildman–Crippen LogP) is 1.91. The molecule has 0 saturated heterocycles. The zero-order chi connectivity index (χ0) is 10.7. The van der Waals surface area contributed by atoms with Crippen LogP contribution in [0.3, 0.4) is 0 Å². The van der Waals surface area contributed by atoms with Crippen molar-refractivity contribution in [3.63, 3.8) is 0 Å². The molecule has 0 aromatic carbocycles. The summed E-state index contributed by atoms with van der Waals surface area (Å²) in [6.45, 7) is 3.96. The van der Waals surface area contributed by atoms with Crippen LogP contribution in [0.5, 0.6) is 5.88 Å². The molecule has 14 heavy (non-hydrogen) atoms. The molecule has 76 valence electrons. The molecule has 0 atom stereocenters. The van der Waals surface area contributed by atoms with Gasteiger partial charge in [0, 0.05) is 6.20 Å². The van der Waals surface area contributed by atoms with Gasteiger partial charge < -0.3 is 9.84 Å². The van der Waals surface area contributed by atoms with Crippen LogP contribution in [0.4, 0.5) is 0 Å². The topological polar surface area (TPSA) is 59.4 Å². The number of hydrogen-bond donors (Lipinski definition) is 1. The number of aromatic nitrogens is 1. The lowest BCUT2D eigenvalue weighted by molar-refractivity contribution is 0.0692. The number of nitrogens with zero attached hydrogens (tertiary/aromatic N) is 1. The molecule has 0 fully saturated rings. The summed E-state index contributed by atoms with van der Waals surface area (Å²) in [7, 11) is 1.41. The van der Waals surface area contributed by atoms with Crippen LogP contribution in [-0.2, 0) is 0 Å². The summed E-state index contributed by atoms with van der Waals surface area (Å²) in [6, 6.07) is 1.60. The number of hydrogen-bond acceptors (Lipinski definition) is 3. The molecule has 0 bridgehead atoms. The lowest BCUT2D eigenvalue weighted by Crippen LogP contribution is -2.04. The molecule has 0 aliphatic carbocycles. The van der Waals surface area contributed by atoms with Crippen molar-refractivity contribution in [3.05, 3.63) is 23.4 Å². The summed E-state index contributed by atoms with van der Waals surface area (Å²) in [5.74, 6) is -0.606. The highest BCUT2D eigenvalue weighted by Crippen LogP contribution is 2.20.